The Morgan fingerprint density at radius 2 is 1.75 bits per heavy atom. The number of nitrogens with zero attached hydrogens (tertiary/aromatic N) is 1. The number of likely N-dealkylation sites (tertiary alicyclic amines) is 1. The Morgan fingerprint density at radius 1 is 1.12 bits per heavy atom. The Bertz CT molecular complexity index is 558. The van der Waals surface area contributed by atoms with E-state index in [0.717, 1.165) is 18.7 Å². The second-order valence-electron chi connectivity index (χ2n) is 5.74. The van der Waals surface area contributed by atoms with Crippen LogP contribution in [0.25, 0.3) is 0 Å². The summed E-state index contributed by atoms with van der Waals surface area (Å²) in [6, 6.07) is 3.54. The van der Waals surface area contributed by atoms with Crippen molar-refractivity contribution in [1.82, 2.24) is 5.43 Å². The fourth-order valence-corrected chi connectivity index (χ4v) is 2.85. The van der Waals surface area contributed by atoms with Gasteiger partial charge in [0.15, 0.2) is 18.0 Å². The van der Waals surface area contributed by atoms with E-state index in [0.29, 0.717) is 23.8 Å². The Labute approximate surface area is 142 Å². The lowest BCUT2D eigenvalue weighted by molar-refractivity contribution is -0.896. The smallest absolute Gasteiger partial charge is 0.295 e. The zero-order valence-electron chi connectivity index (χ0n) is 14.6. The quantitative estimate of drug-likeness (QED) is 0.552. The maximum absolute atomic E-state index is 11.9. The predicted octanol–water partition coefficient (Wildman–Crippen LogP) is 0.231. The molecule has 0 unspecified atom stereocenters. The lowest BCUT2D eigenvalue weighted by Crippen LogP contribution is -3.13. The molecule has 1 aliphatic heterocycles. The molecule has 0 saturated carbocycles. The van der Waals surface area contributed by atoms with Gasteiger partial charge in [-0.1, -0.05) is 0 Å². The van der Waals surface area contributed by atoms with Crippen LogP contribution in [0.1, 0.15) is 24.8 Å². The number of hydrogen-bond donors (Lipinski definition) is 2. The molecule has 7 heteroatoms. The van der Waals surface area contributed by atoms with E-state index in [9.17, 15) is 4.79 Å². The van der Waals surface area contributed by atoms with E-state index in [1.54, 1.807) is 39.7 Å². The minimum atomic E-state index is -0.0735. The van der Waals surface area contributed by atoms with Crippen molar-refractivity contribution >= 4 is 12.1 Å². The molecule has 0 bridgehead atoms. The van der Waals surface area contributed by atoms with Crippen molar-refractivity contribution in [2.45, 2.75) is 19.3 Å². The average Bonchev–Trinajstić information content (AvgIpc) is 2.61. The number of hydrogen-bond acceptors (Lipinski definition) is 5. The van der Waals surface area contributed by atoms with E-state index < -0.39 is 0 Å². The van der Waals surface area contributed by atoms with Gasteiger partial charge < -0.3 is 19.1 Å². The van der Waals surface area contributed by atoms with Crippen molar-refractivity contribution in [3.05, 3.63) is 17.7 Å². The van der Waals surface area contributed by atoms with Gasteiger partial charge in [0.25, 0.3) is 5.91 Å². The summed E-state index contributed by atoms with van der Waals surface area (Å²) in [4.78, 5) is 13.3. The molecule has 0 spiro atoms. The fourth-order valence-electron chi connectivity index (χ4n) is 2.85. The monoisotopic (exact) mass is 336 g/mol. The van der Waals surface area contributed by atoms with Crippen LogP contribution in [0.3, 0.4) is 0 Å². The molecule has 1 amide bonds. The van der Waals surface area contributed by atoms with Crippen molar-refractivity contribution in [3.63, 3.8) is 0 Å². The fraction of sp³-hybridized carbons (Fsp3) is 0.529. The summed E-state index contributed by atoms with van der Waals surface area (Å²) in [5.41, 5.74) is 3.32. The van der Waals surface area contributed by atoms with Crippen molar-refractivity contribution in [1.29, 1.82) is 0 Å². The average molecular weight is 336 g/mol. The van der Waals surface area contributed by atoms with Crippen LogP contribution < -0.4 is 24.5 Å². The molecule has 1 aromatic carbocycles. The number of methoxy groups -OCH3 is 3. The Balaban J connectivity index is 1.96. The molecule has 1 aliphatic rings. The number of piperidine rings is 1. The van der Waals surface area contributed by atoms with Crippen LogP contribution in [0.15, 0.2) is 17.2 Å². The van der Waals surface area contributed by atoms with E-state index in [4.69, 9.17) is 14.2 Å². The van der Waals surface area contributed by atoms with Crippen LogP contribution in [0.2, 0.25) is 0 Å². The lowest BCUT2D eigenvalue weighted by atomic mass is 10.1. The Kier molecular flexibility index (Phi) is 6.87. The normalized spacial score (nSPS) is 15.3. The number of quaternary nitrogens is 1. The van der Waals surface area contributed by atoms with Crippen molar-refractivity contribution in [2.75, 3.05) is 41.0 Å². The third-order valence-corrected chi connectivity index (χ3v) is 4.06. The van der Waals surface area contributed by atoms with Gasteiger partial charge in [-0.05, 0) is 31.4 Å². The minimum absolute atomic E-state index is 0.0735. The van der Waals surface area contributed by atoms with E-state index in [2.05, 4.69) is 10.5 Å². The first-order valence-corrected chi connectivity index (χ1v) is 8.13. The highest BCUT2D eigenvalue weighted by molar-refractivity contribution is 5.84. The van der Waals surface area contributed by atoms with E-state index >= 15 is 0 Å². The number of hydrazone groups is 1. The molecule has 0 radical (unpaired) electrons. The number of carbonyl (C=O) groups is 1. The molecule has 1 heterocycles. The standard InChI is InChI=1S/C17H25N3O4/c1-22-14-9-13(10-15(23-2)17(14)24-3)11-18-19-16(21)12-20-7-5-4-6-8-20/h9-11H,4-8,12H2,1-3H3,(H,19,21)/p+1. The van der Waals surface area contributed by atoms with E-state index in [-0.39, 0.29) is 5.91 Å². The zero-order chi connectivity index (χ0) is 17.4. The van der Waals surface area contributed by atoms with E-state index in [1.807, 2.05) is 0 Å². The molecule has 2 N–H and O–H groups in total. The van der Waals surface area contributed by atoms with Crippen LogP contribution in [0, 0.1) is 0 Å². The third-order valence-electron chi connectivity index (χ3n) is 4.06. The van der Waals surface area contributed by atoms with Crippen LogP contribution in [-0.2, 0) is 4.79 Å². The number of amides is 1. The third kappa shape index (κ3) is 4.86. The van der Waals surface area contributed by atoms with Gasteiger partial charge >= 0.3 is 0 Å². The summed E-state index contributed by atoms with van der Waals surface area (Å²) in [7, 11) is 4.67. The number of carbonyl (C=O) groups excluding carboxylic acids is 1. The summed E-state index contributed by atoms with van der Waals surface area (Å²) in [6.45, 7) is 2.58. The number of benzene rings is 1. The summed E-state index contributed by atoms with van der Waals surface area (Å²) in [5.74, 6) is 1.54. The topological polar surface area (TPSA) is 73.6 Å². The largest absolute Gasteiger partial charge is 0.493 e. The first kappa shape index (κ1) is 18.1. The van der Waals surface area contributed by atoms with Gasteiger partial charge in [0, 0.05) is 5.56 Å². The molecular formula is C17H26N3O4+. The zero-order valence-corrected chi connectivity index (χ0v) is 14.6. The second-order valence-corrected chi connectivity index (χ2v) is 5.74. The maximum Gasteiger partial charge on any atom is 0.295 e. The number of rotatable bonds is 7. The van der Waals surface area contributed by atoms with Gasteiger partial charge in [0.1, 0.15) is 0 Å². The summed E-state index contributed by atoms with van der Waals surface area (Å²) >= 11 is 0. The molecule has 2 rings (SSSR count). The van der Waals surface area contributed by atoms with E-state index in [1.165, 1.54) is 24.2 Å². The predicted molar refractivity (Wildman–Crippen MR) is 91.2 cm³/mol. The van der Waals surface area contributed by atoms with Gasteiger partial charge in [-0.25, -0.2) is 5.43 Å². The molecule has 24 heavy (non-hydrogen) atoms. The van der Waals surface area contributed by atoms with Crippen LogP contribution in [0.4, 0.5) is 0 Å². The van der Waals surface area contributed by atoms with Gasteiger partial charge in [-0.2, -0.15) is 5.10 Å². The van der Waals surface area contributed by atoms with Crippen LogP contribution >= 0.6 is 0 Å². The van der Waals surface area contributed by atoms with Gasteiger partial charge in [-0.3, -0.25) is 4.79 Å². The molecule has 1 fully saturated rings. The molecule has 132 valence electrons. The van der Waals surface area contributed by atoms with Crippen LogP contribution in [-0.4, -0.2) is 53.1 Å². The van der Waals surface area contributed by atoms with Crippen molar-refractivity contribution in [3.8, 4) is 17.2 Å². The Hall–Kier alpha value is -2.28. The lowest BCUT2D eigenvalue weighted by Gasteiger charge is -2.22. The number of ether oxygens (including phenoxy) is 3. The molecule has 0 aromatic heterocycles. The highest BCUT2D eigenvalue weighted by atomic mass is 16.5. The van der Waals surface area contributed by atoms with Crippen molar-refractivity contribution < 1.29 is 23.9 Å². The first-order chi connectivity index (χ1) is 11.7. The highest BCUT2D eigenvalue weighted by Crippen LogP contribution is 2.37. The second kappa shape index (κ2) is 9.12. The first-order valence-electron chi connectivity index (χ1n) is 8.13. The molecule has 1 aromatic rings. The van der Waals surface area contributed by atoms with Crippen molar-refractivity contribution in [2.24, 2.45) is 5.10 Å². The maximum atomic E-state index is 11.9. The molecule has 0 atom stereocenters. The SMILES string of the molecule is COc1cc(C=NNC(=O)C[NH+]2CCCCC2)cc(OC)c1OC. The summed E-state index contributed by atoms with van der Waals surface area (Å²) in [5, 5.41) is 4.02. The summed E-state index contributed by atoms with van der Waals surface area (Å²) < 4.78 is 15.9. The Morgan fingerprint density at radius 3 is 2.29 bits per heavy atom. The summed E-state index contributed by atoms with van der Waals surface area (Å²) in [6.07, 6.45) is 5.22. The van der Waals surface area contributed by atoms with Gasteiger partial charge in [0.2, 0.25) is 5.75 Å². The van der Waals surface area contributed by atoms with Gasteiger partial charge in [-0.15, -0.1) is 0 Å². The van der Waals surface area contributed by atoms with Crippen LogP contribution in [0.5, 0.6) is 17.2 Å². The molecule has 0 aliphatic carbocycles. The number of nitrogens with one attached hydrogen (secondary N) is 2. The van der Waals surface area contributed by atoms with Gasteiger partial charge in [0.05, 0.1) is 40.6 Å². The molecule has 7 nitrogen and oxygen atoms in total. The highest BCUT2D eigenvalue weighted by Gasteiger charge is 2.17. The minimum Gasteiger partial charge on any atom is -0.493 e. The molecule has 1 saturated heterocycles. The molecular weight excluding hydrogens is 310 g/mol.